The first-order valence-electron chi connectivity index (χ1n) is 5.23. The van der Waals surface area contributed by atoms with Crippen LogP contribution in [0.3, 0.4) is 0 Å². The highest BCUT2D eigenvalue weighted by Gasteiger charge is 2.21. The van der Waals surface area contributed by atoms with Crippen molar-refractivity contribution in [2.24, 2.45) is 0 Å². The lowest BCUT2D eigenvalue weighted by Crippen LogP contribution is -2.38. The van der Waals surface area contributed by atoms with Crippen LogP contribution in [0, 0.1) is 0 Å². The van der Waals surface area contributed by atoms with Gasteiger partial charge in [-0.1, -0.05) is 0 Å². The minimum absolute atomic E-state index is 0.103. The van der Waals surface area contributed by atoms with Crippen LogP contribution in [0.4, 0.5) is 0 Å². The average Bonchev–Trinajstić information content (AvgIpc) is 2.49. The lowest BCUT2D eigenvalue weighted by Gasteiger charge is -2.23. The van der Waals surface area contributed by atoms with Crippen molar-refractivity contribution < 1.29 is 18.8 Å². The molecule has 0 aromatic heterocycles. The highest BCUT2D eigenvalue weighted by molar-refractivity contribution is 5.86. The molecule has 86 valence electrons. The third kappa shape index (κ3) is 4.34. The Hall–Kier alpha value is -1.03. The second kappa shape index (κ2) is 4.66. The molecule has 4 nitrogen and oxygen atoms in total. The summed E-state index contributed by atoms with van der Waals surface area (Å²) in [5, 5.41) is 0. The van der Waals surface area contributed by atoms with E-state index in [1.807, 2.05) is 6.92 Å². The number of carbonyl (C=O) groups is 1. The summed E-state index contributed by atoms with van der Waals surface area (Å²) < 4.78 is 11.2. The summed E-state index contributed by atoms with van der Waals surface area (Å²) in [6.07, 6.45) is 2.68. The summed E-state index contributed by atoms with van der Waals surface area (Å²) in [7, 11) is 6.17. The molecule has 0 fully saturated rings. The van der Waals surface area contributed by atoms with Crippen molar-refractivity contribution in [2.45, 2.75) is 19.4 Å². The predicted octanol–water partition coefficient (Wildman–Crippen LogP) is 0.928. The molecule has 1 aliphatic rings. The molecule has 0 saturated heterocycles. The van der Waals surface area contributed by atoms with E-state index >= 15 is 0 Å². The molecule has 1 aliphatic heterocycles. The van der Waals surface area contributed by atoms with Crippen LogP contribution < -0.4 is 0 Å². The van der Waals surface area contributed by atoms with Crippen LogP contribution in [0.2, 0.25) is 0 Å². The Labute approximate surface area is 91.1 Å². The standard InChI is InChI=1S/C11H20NO3/c1-9-5-6-10(15-9)11(13)14-8-7-12(2,3)4/h6,9H,5,7-8H2,1-4H3/q+1. The van der Waals surface area contributed by atoms with Crippen LogP contribution >= 0.6 is 0 Å². The number of carbonyl (C=O) groups excluding carboxylic acids is 1. The zero-order valence-corrected chi connectivity index (χ0v) is 9.95. The first kappa shape index (κ1) is 12.0. The van der Waals surface area contributed by atoms with Gasteiger partial charge in [0, 0.05) is 6.42 Å². The monoisotopic (exact) mass is 214 g/mol. The van der Waals surface area contributed by atoms with Crippen LogP contribution in [0.25, 0.3) is 0 Å². The highest BCUT2D eigenvalue weighted by Crippen LogP contribution is 2.17. The Bertz CT molecular complexity index is 265. The number of quaternary nitrogens is 1. The molecule has 1 unspecified atom stereocenters. The molecular weight excluding hydrogens is 194 g/mol. The third-order valence-corrected chi connectivity index (χ3v) is 2.16. The lowest BCUT2D eigenvalue weighted by molar-refractivity contribution is -0.870. The van der Waals surface area contributed by atoms with E-state index in [4.69, 9.17) is 9.47 Å². The van der Waals surface area contributed by atoms with Gasteiger partial charge in [-0.25, -0.2) is 4.79 Å². The van der Waals surface area contributed by atoms with Gasteiger partial charge < -0.3 is 14.0 Å². The van der Waals surface area contributed by atoms with Gasteiger partial charge in [0.25, 0.3) is 0 Å². The maximum absolute atomic E-state index is 11.5. The van der Waals surface area contributed by atoms with Crippen molar-refractivity contribution in [1.29, 1.82) is 0 Å². The Kier molecular flexibility index (Phi) is 3.74. The van der Waals surface area contributed by atoms with E-state index in [2.05, 4.69) is 21.1 Å². The van der Waals surface area contributed by atoms with Crippen molar-refractivity contribution >= 4 is 5.97 Å². The summed E-state index contributed by atoms with van der Waals surface area (Å²) in [5.41, 5.74) is 0. The number of hydrogen-bond donors (Lipinski definition) is 0. The molecule has 0 radical (unpaired) electrons. The van der Waals surface area contributed by atoms with Gasteiger partial charge in [0.2, 0.25) is 5.76 Å². The summed E-state index contributed by atoms with van der Waals surface area (Å²) in [6, 6.07) is 0. The number of esters is 1. The van der Waals surface area contributed by atoms with Crippen LogP contribution in [0.5, 0.6) is 0 Å². The second-order valence-electron chi connectivity index (χ2n) is 4.88. The molecule has 4 heteroatoms. The van der Waals surface area contributed by atoms with Gasteiger partial charge in [-0.15, -0.1) is 0 Å². The Morgan fingerprint density at radius 1 is 1.60 bits per heavy atom. The average molecular weight is 214 g/mol. The van der Waals surface area contributed by atoms with E-state index in [0.29, 0.717) is 12.4 Å². The van der Waals surface area contributed by atoms with Crippen molar-refractivity contribution in [1.82, 2.24) is 0 Å². The predicted molar refractivity (Wildman–Crippen MR) is 57.1 cm³/mol. The fourth-order valence-corrected chi connectivity index (χ4v) is 1.20. The van der Waals surface area contributed by atoms with Crippen LogP contribution in [0.1, 0.15) is 13.3 Å². The number of ether oxygens (including phenoxy) is 2. The normalized spacial score (nSPS) is 20.8. The zero-order valence-electron chi connectivity index (χ0n) is 9.95. The molecule has 1 rings (SSSR count). The summed E-state index contributed by atoms with van der Waals surface area (Å²) >= 11 is 0. The van der Waals surface area contributed by atoms with Gasteiger partial charge in [-0.2, -0.15) is 0 Å². The number of likely N-dealkylation sites (N-methyl/N-ethyl adjacent to an activating group) is 1. The topological polar surface area (TPSA) is 35.5 Å². The molecule has 15 heavy (non-hydrogen) atoms. The highest BCUT2D eigenvalue weighted by atomic mass is 16.6. The second-order valence-corrected chi connectivity index (χ2v) is 4.88. The number of nitrogens with zero attached hydrogens (tertiary/aromatic N) is 1. The van der Waals surface area contributed by atoms with E-state index in [9.17, 15) is 4.79 Å². The SMILES string of the molecule is CC1CC=C(C(=O)OCC[N+](C)(C)C)O1. The van der Waals surface area contributed by atoms with Crippen LogP contribution in [0.15, 0.2) is 11.8 Å². The molecule has 0 saturated carbocycles. The lowest BCUT2D eigenvalue weighted by atomic mass is 10.3. The summed E-state index contributed by atoms with van der Waals surface area (Å²) in [4.78, 5) is 11.5. The molecule has 0 bridgehead atoms. The van der Waals surface area contributed by atoms with Gasteiger partial charge in [0.1, 0.15) is 13.2 Å². The van der Waals surface area contributed by atoms with Crippen molar-refractivity contribution in [3.05, 3.63) is 11.8 Å². The first-order chi connectivity index (χ1) is 6.88. The van der Waals surface area contributed by atoms with Gasteiger partial charge in [-0.05, 0) is 13.0 Å². The smallest absolute Gasteiger partial charge is 0.373 e. The van der Waals surface area contributed by atoms with E-state index in [1.54, 1.807) is 6.08 Å². The molecule has 1 heterocycles. The van der Waals surface area contributed by atoms with Gasteiger partial charge in [-0.3, -0.25) is 0 Å². The van der Waals surface area contributed by atoms with Crippen molar-refractivity contribution in [3.63, 3.8) is 0 Å². The summed E-state index contributed by atoms with van der Waals surface area (Å²) in [5.74, 6) is 0.0247. The molecule has 0 amide bonds. The van der Waals surface area contributed by atoms with Crippen LogP contribution in [-0.4, -0.2) is 50.9 Å². The van der Waals surface area contributed by atoms with Crippen LogP contribution in [-0.2, 0) is 14.3 Å². The molecule has 0 aromatic carbocycles. The largest absolute Gasteiger partial charge is 0.483 e. The minimum Gasteiger partial charge on any atom is -0.483 e. The van der Waals surface area contributed by atoms with E-state index in [0.717, 1.165) is 17.4 Å². The quantitative estimate of drug-likeness (QED) is 0.516. The van der Waals surface area contributed by atoms with E-state index in [1.165, 1.54) is 0 Å². The number of hydrogen-bond acceptors (Lipinski definition) is 3. The molecule has 1 atom stereocenters. The number of rotatable bonds is 4. The Morgan fingerprint density at radius 2 is 2.27 bits per heavy atom. The third-order valence-electron chi connectivity index (χ3n) is 2.16. The van der Waals surface area contributed by atoms with Crippen molar-refractivity contribution in [2.75, 3.05) is 34.3 Å². The molecule has 0 spiro atoms. The molecule has 0 N–H and O–H groups in total. The molecular formula is C11H20NO3+. The summed E-state index contributed by atoms with van der Waals surface area (Å²) in [6.45, 7) is 3.16. The van der Waals surface area contributed by atoms with Gasteiger partial charge >= 0.3 is 5.97 Å². The van der Waals surface area contributed by atoms with Crippen molar-refractivity contribution in [3.8, 4) is 0 Å². The first-order valence-corrected chi connectivity index (χ1v) is 5.23. The van der Waals surface area contributed by atoms with Gasteiger partial charge in [0.15, 0.2) is 0 Å². The maximum Gasteiger partial charge on any atom is 0.373 e. The van der Waals surface area contributed by atoms with E-state index < -0.39 is 0 Å². The fraction of sp³-hybridized carbons (Fsp3) is 0.727. The van der Waals surface area contributed by atoms with Gasteiger partial charge in [0.05, 0.1) is 27.2 Å². The Morgan fingerprint density at radius 3 is 2.73 bits per heavy atom. The fourth-order valence-electron chi connectivity index (χ4n) is 1.20. The van der Waals surface area contributed by atoms with E-state index in [-0.39, 0.29) is 12.1 Å². The molecule has 0 aliphatic carbocycles. The zero-order chi connectivity index (χ0) is 11.5. The maximum atomic E-state index is 11.5. The minimum atomic E-state index is -0.340. The molecule has 0 aromatic rings. The Balaban J connectivity index is 2.25.